The SMILES string of the molecule is [C-]#[N+]c1ccc(S(=O)(=O)c2ccc(N)cc2)s1. The van der Waals surface area contributed by atoms with Crippen LogP contribution in [0.15, 0.2) is 45.5 Å². The van der Waals surface area contributed by atoms with Crippen molar-refractivity contribution in [3.05, 3.63) is 47.8 Å². The van der Waals surface area contributed by atoms with Crippen LogP contribution in [0.2, 0.25) is 0 Å². The molecule has 0 aliphatic rings. The van der Waals surface area contributed by atoms with Crippen LogP contribution in [0.5, 0.6) is 0 Å². The minimum absolute atomic E-state index is 0.174. The number of nitrogens with two attached hydrogens (primary N) is 1. The Morgan fingerprint density at radius 1 is 1.12 bits per heavy atom. The van der Waals surface area contributed by atoms with Gasteiger partial charge in [-0.05, 0) is 36.4 Å². The Kier molecular flexibility index (Phi) is 2.88. The van der Waals surface area contributed by atoms with Crippen LogP contribution in [-0.2, 0) is 9.84 Å². The molecule has 0 saturated carbocycles. The molecule has 1 aromatic carbocycles. The lowest BCUT2D eigenvalue weighted by atomic mass is 10.3. The maximum atomic E-state index is 12.1. The lowest BCUT2D eigenvalue weighted by molar-refractivity contribution is 0.598. The zero-order valence-corrected chi connectivity index (χ0v) is 10.3. The van der Waals surface area contributed by atoms with Crippen molar-refractivity contribution in [1.29, 1.82) is 0 Å². The average Bonchev–Trinajstić information content (AvgIpc) is 2.78. The van der Waals surface area contributed by atoms with Crippen molar-refractivity contribution < 1.29 is 8.42 Å². The highest BCUT2D eigenvalue weighted by molar-refractivity contribution is 7.93. The summed E-state index contributed by atoms with van der Waals surface area (Å²) in [5.74, 6) is 0. The van der Waals surface area contributed by atoms with Crippen molar-refractivity contribution in [3.8, 4) is 0 Å². The Bertz CT molecular complexity index is 679. The third kappa shape index (κ3) is 2.16. The molecule has 2 aromatic rings. The van der Waals surface area contributed by atoms with E-state index >= 15 is 0 Å². The standard InChI is InChI=1S/C11H8N2O2S2/c1-13-10-6-7-11(16-10)17(14,15)9-4-2-8(12)3-5-9/h2-7H,12H2. The highest BCUT2D eigenvalue weighted by Crippen LogP contribution is 2.32. The van der Waals surface area contributed by atoms with Gasteiger partial charge in [0.2, 0.25) is 14.8 Å². The van der Waals surface area contributed by atoms with Gasteiger partial charge >= 0.3 is 0 Å². The van der Waals surface area contributed by atoms with E-state index in [4.69, 9.17) is 12.3 Å². The van der Waals surface area contributed by atoms with E-state index in [1.165, 1.54) is 36.4 Å². The van der Waals surface area contributed by atoms with Crippen molar-refractivity contribution in [3.63, 3.8) is 0 Å². The molecule has 1 heterocycles. The first kappa shape index (κ1) is 11.6. The molecule has 0 atom stereocenters. The van der Waals surface area contributed by atoms with Crippen LogP contribution >= 0.6 is 11.3 Å². The fourth-order valence-corrected chi connectivity index (χ4v) is 3.76. The van der Waals surface area contributed by atoms with Crippen molar-refractivity contribution in [2.45, 2.75) is 9.10 Å². The molecule has 0 aliphatic carbocycles. The molecule has 4 nitrogen and oxygen atoms in total. The first-order valence-electron chi connectivity index (χ1n) is 4.62. The molecule has 0 fully saturated rings. The van der Waals surface area contributed by atoms with Crippen LogP contribution in [-0.4, -0.2) is 8.42 Å². The fourth-order valence-electron chi connectivity index (χ4n) is 1.28. The van der Waals surface area contributed by atoms with Crippen LogP contribution < -0.4 is 5.73 Å². The van der Waals surface area contributed by atoms with Gasteiger partial charge < -0.3 is 5.73 Å². The molecule has 1 aromatic heterocycles. The van der Waals surface area contributed by atoms with E-state index < -0.39 is 9.84 Å². The van der Waals surface area contributed by atoms with Gasteiger partial charge in [-0.2, -0.15) is 0 Å². The van der Waals surface area contributed by atoms with Gasteiger partial charge in [-0.1, -0.05) is 0 Å². The zero-order valence-electron chi connectivity index (χ0n) is 8.62. The highest BCUT2D eigenvalue weighted by atomic mass is 32.2. The molecule has 0 radical (unpaired) electrons. The summed E-state index contributed by atoms with van der Waals surface area (Å²) in [6.07, 6.45) is 0. The predicted molar refractivity (Wildman–Crippen MR) is 66.9 cm³/mol. The Morgan fingerprint density at radius 3 is 2.29 bits per heavy atom. The molecule has 0 spiro atoms. The van der Waals surface area contributed by atoms with E-state index in [1.54, 1.807) is 0 Å². The van der Waals surface area contributed by atoms with E-state index in [1.807, 2.05) is 0 Å². The molecular formula is C11H8N2O2S2. The number of benzene rings is 1. The van der Waals surface area contributed by atoms with Gasteiger partial charge in [-0.3, -0.25) is 0 Å². The van der Waals surface area contributed by atoms with E-state index in [9.17, 15) is 8.42 Å². The Morgan fingerprint density at radius 2 is 1.76 bits per heavy atom. The van der Waals surface area contributed by atoms with Crippen molar-refractivity contribution in [2.75, 3.05) is 5.73 Å². The van der Waals surface area contributed by atoms with Crippen molar-refractivity contribution in [2.24, 2.45) is 0 Å². The quantitative estimate of drug-likeness (QED) is 0.670. The summed E-state index contributed by atoms with van der Waals surface area (Å²) < 4.78 is 24.5. The Labute approximate surface area is 103 Å². The second-order valence-corrected chi connectivity index (χ2v) is 6.52. The molecular weight excluding hydrogens is 256 g/mol. The minimum Gasteiger partial charge on any atom is -0.399 e. The van der Waals surface area contributed by atoms with E-state index in [-0.39, 0.29) is 9.10 Å². The second kappa shape index (κ2) is 4.20. The number of hydrogen-bond acceptors (Lipinski definition) is 4. The minimum atomic E-state index is -3.53. The van der Waals surface area contributed by atoms with Gasteiger partial charge in [-0.15, -0.1) is 11.3 Å². The van der Waals surface area contributed by atoms with Crippen LogP contribution in [0.1, 0.15) is 0 Å². The van der Waals surface area contributed by atoms with E-state index in [0.717, 1.165) is 11.3 Å². The number of anilines is 1. The molecule has 0 aliphatic heterocycles. The smallest absolute Gasteiger partial charge is 0.242 e. The van der Waals surface area contributed by atoms with Gasteiger partial charge in [-0.25, -0.2) is 13.3 Å². The molecule has 17 heavy (non-hydrogen) atoms. The average molecular weight is 264 g/mol. The fraction of sp³-hybridized carbons (Fsp3) is 0. The number of nitrogen functional groups attached to an aromatic ring is 1. The van der Waals surface area contributed by atoms with Crippen molar-refractivity contribution >= 4 is 31.9 Å². The predicted octanol–water partition coefficient (Wildman–Crippen LogP) is 2.71. The Balaban J connectivity index is 2.50. The van der Waals surface area contributed by atoms with Gasteiger partial charge in [0.1, 0.15) is 4.21 Å². The summed E-state index contributed by atoms with van der Waals surface area (Å²) in [5, 5.41) is 0.360. The normalized spacial score (nSPS) is 11.0. The van der Waals surface area contributed by atoms with Crippen LogP contribution in [0.3, 0.4) is 0 Å². The van der Waals surface area contributed by atoms with Crippen LogP contribution in [0.25, 0.3) is 4.85 Å². The van der Waals surface area contributed by atoms with Gasteiger partial charge in [0.25, 0.3) is 0 Å². The number of hydrogen-bond donors (Lipinski definition) is 1. The highest BCUT2D eigenvalue weighted by Gasteiger charge is 2.19. The molecule has 2 N–H and O–H groups in total. The van der Waals surface area contributed by atoms with Crippen LogP contribution in [0.4, 0.5) is 10.7 Å². The maximum absolute atomic E-state index is 12.1. The number of thiophene rings is 1. The molecule has 6 heteroatoms. The molecule has 0 saturated heterocycles. The van der Waals surface area contributed by atoms with Gasteiger partial charge in [0.05, 0.1) is 11.5 Å². The largest absolute Gasteiger partial charge is 0.399 e. The molecule has 2 rings (SSSR count). The molecule has 0 amide bonds. The van der Waals surface area contributed by atoms with E-state index in [2.05, 4.69) is 4.85 Å². The number of nitrogens with zero attached hydrogens (tertiary/aromatic N) is 1. The van der Waals surface area contributed by atoms with Gasteiger partial charge in [0, 0.05) is 5.69 Å². The first-order chi connectivity index (χ1) is 8.04. The van der Waals surface area contributed by atoms with Crippen molar-refractivity contribution in [1.82, 2.24) is 0 Å². The van der Waals surface area contributed by atoms with Crippen LogP contribution in [0, 0.1) is 6.57 Å². The topological polar surface area (TPSA) is 64.5 Å². The summed E-state index contributed by atoms with van der Waals surface area (Å²) in [4.78, 5) is 3.38. The maximum Gasteiger partial charge on any atom is 0.242 e. The number of rotatable bonds is 2. The molecule has 0 bridgehead atoms. The summed E-state index contributed by atoms with van der Waals surface area (Å²) >= 11 is 0.965. The lowest BCUT2D eigenvalue weighted by Gasteiger charge is -2.01. The summed E-state index contributed by atoms with van der Waals surface area (Å²) in [6.45, 7) is 6.82. The summed E-state index contributed by atoms with van der Waals surface area (Å²) in [6, 6.07) is 8.95. The summed E-state index contributed by atoms with van der Waals surface area (Å²) in [5.41, 5.74) is 6.01. The molecule has 86 valence electrons. The summed E-state index contributed by atoms with van der Waals surface area (Å²) in [7, 11) is -3.53. The lowest BCUT2D eigenvalue weighted by Crippen LogP contribution is -1.99. The number of sulfone groups is 1. The van der Waals surface area contributed by atoms with Gasteiger partial charge in [0.15, 0.2) is 0 Å². The third-order valence-electron chi connectivity index (χ3n) is 2.13. The third-order valence-corrected chi connectivity index (χ3v) is 5.37. The first-order valence-corrected chi connectivity index (χ1v) is 6.92. The zero-order chi connectivity index (χ0) is 12.5. The monoisotopic (exact) mass is 264 g/mol. The second-order valence-electron chi connectivity index (χ2n) is 3.28. The Hall–Kier alpha value is -1.84. The van der Waals surface area contributed by atoms with E-state index in [0.29, 0.717) is 10.7 Å². The molecule has 0 unspecified atom stereocenters.